The molecule has 1 saturated heterocycles. The second-order valence-corrected chi connectivity index (χ2v) is 5.44. The maximum absolute atomic E-state index is 11.9. The summed E-state index contributed by atoms with van der Waals surface area (Å²) in [5.41, 5.74) is 0.543. The molecule has 25 heavy (non-hydrogen) atoms. The van der Waals surface area contributed by atoms with E-state index >= 15 is 0 Å². The predicted molar refractivity (Wildman–Crippen MR) is 80.4 cm³/mol. The highest BCUT2D eigenvalue weighted by Crippen LogP contribution is 2.25. The number of anilines is 1. The topological polar surface area (TPSA) is 138 Å². The second-order valence-electron chi connectivity index (χ2n) is 5.44. The molecule has 1 aromatic carbocycles. The molecular formula is C14H13N5O6. The Bertz CT molecular complexity index is 823. The summed E-state index contributed by atoms with van der Waals surface area (Å²) < 4.78 is 11.3. The molecule has 0 aliphatic carbocycles. The maximum Gasteiger partial charge on any atom is 0.350 e. The SMILES string of the molecule is CC1(C)OC(=O)C(=CNc2cc(OO)cc(-n3cnnn3)c2)C(=O)O1. The zero-order chi connectivity index (χ0) is 18.0. The summed E-state index contributed by atoms with van der Waals surface area (Å²) in [6, 6.07) is 4.49. The van der Waals surface area contributed by atoms with Crippen LogP contribution in [0.25, 0.3) is 5.69 Å². The third-order valence-corrected chi connectivity index (χ3v) is 3.11. The number of nitrogens with zero attached hydrogens (tertiary/aromatic N) is 4. The normalized spacial score (nSPS) is 16.0. The van der Waals surface area contributed by atoms with Gasteiger partial charge >= 0.3 is 11.9 Å². The van der Waals surface area contributed by atoms with Crippen LogP contribution in [0.2, 0.25) is 0 Å². The summed E-state index contributed by atoms with van der Waals surface area (Å²) in [6.07, 6.45) is 2.48. The number of nitrogens with one attached hydrogen (secondary N) is 1. The van der Waals surface area contributed by atoms with Crippen molar-refractivity contribution in [3.05, 3.63) is 36.3 Å². The third kappa shape index (κ3) is 3.55. The average molecular weight is 347 g/mol. The Morgan fingerprint density at radius 2 is 1.96 bits per heavy atom. The highest BCUT2D eigenvalue weighted by molar-refractivity contribution is 6.15. The summed E-state index contributed by atoms with van der Waals surface area (Å²) in [4.78, 5) is 28.0. The smallest absolute Gasteiger partial charge is 0.350 e. The van der Waals surface area contributed by atoms with Crippen molar-refractivity contribution in [2.75, 3.05) is 5.32 Å². The van der Waals surface area contributed by atoms with E-state index in [1.54, 1.807) is 6.07 Å². The molecular weight excluding hydrogens is 334 g/mol. The molecule has 11 heteroatoms. The Hall–Kier alpha value is -3.47. The molecule has 1 aliphatic heterocycles. The van der Waals surface area contributed by atoms with Crippen molar-refractivity contribution >= 4 is 17.6 Å². The minimum Gasteiger partial charge on any atom is -0.419 e. The molecule has 0 amide bonds. The lowest BCUT2D eigenvalue weighted by Crippen LogP contribution is -2.42. The standard InChI is InChI=1S/C14H13N5O6/c1-14(2)23-12(20)11(13(21)24-14)6-15-8-3-9(5-10(4-8)25-22)19-7-16-17-18-19/h3-7,15,22H,1-2H3. The van der Waals surface area contributed by atoms with E-state index in [9.17, 15) is 9.59 Å². The van der Waals surface area contributed by atoms with Crippen molar-refractivity contribution in [2.45, 2.75) is 19.6 Å². The van der Waals surface area contributed by atoms with Gasteiger partial charge in [0.2, 0.25) is 0 Å². The zero-order valence-electron chi connectivity index (χ0n) is 13.2. The summed E-state index contributed by atoms with van der Waals surface area (Å²) in [7, 11) is 0. The lowest BCUT2D eigenvalue weighted by molar-refractivity contribution is -0.222. The Balaban J connectivity index is 1.87. The quantitative estimate of drug-likeness (QED) is 0.266. The average Bonchev–Trinajstić information content (AvgIpc) is 3.07. The van der Waals surface area contributed by atoms with Gasteiger partial charge in [0.1, 0.15) is 6.33 Å². The molecule has 2 heterocycles. The molecule has 1 fully saturated rings. The fourth-order valence-electron chi connectivity index (χ4n) is 2.07. The van der Waals surface area contributed by atoms with Gasteiger partial charge in [-0.3, -0.25) is 0 Å². The number of hydrogen-bond acceptors (Lipinski definition) is 10. The van der Waals surface area contributed by atoms with Gasteiger partial charge in [-0.2, -0.15) is 0 Å². The summed E-state index contributed by atoms with van der Waals surface area (Å²) in [5, 5.41) is 22.4. The fraction of sp³-hybridized carbons (Fsp3) is 0.214. The first kappa shape index (κ1) is 16.4. The van der Waals surface area contributed by atoms with Gasteiger partial charge in [-0.1, -0.05) is 0 Å². The van der Waals surface area contributed by atoms with Crippen LogP contribution in [0.4, 0.5) is 5.69 Å². The third-order valence-electron chi connectivity index (χ3n) is 3.11. The Labute approximate surface area is 140 Å². The molecule has 0 spiro atoms. The molecule has 0 radical (unpaired) electrons. The molecule has 0 atom stereocenters. The van der Waals surface area contributed by atoms with Gasteiger partial charge < -0.3 is 19.7 Å². The summed E-state index contributed by atoms with van der Waals surface area (Å²) >= 11 is 0. The van der Waals surface area contributed by atoms with Crippen LogP contribution in [0.1, 0.15) is 13.8 Å². The number of tetrazole rings is 1. The van der Waals surface area contributed by atoms with E-state index in [0.29, 0.717) is 11.4 Å². The van der Waals surface area contributed by atoms with E-state index in [1.807, 2.05) is 0 Å². The molecule has 2 N–H and O–H groups in total. The molecule has 0 saturated carbocycles. The van der Waals surface area contributed by atoms with Gasteiger partial charge in [-0.25, -0.2) is 19.5 Å². The Kier molecular flexibility index (Phi) is 4.07. The lowest BCUT2D eigenvalue weighted by Gasteiger charge is -2.29. The number of cyclic esters (lactones) is 2. The van der Waals surface area contributed by atoms with Crippen LogP contribution >= 0.6 is 0 Å². The van der Waals surface area contributed by atoms with E-state index in [0.717, 1.165) is 6.20 Å². The molecule has 0 unspecified atom stereocenters. The zero-order valence-corrected chi connectivity index (χ0v) is 13.2. The van der Waals surface area contributed by atoms with Crippen LogP contribution in [-0.4, -0.2) is 43.2 Å². The first-order valence-corrected chi connectivity index (χ1v) is 7.01. The summed E-state index contributed by atoms with van der Waals surface area (Å²) in [5.74, 6) is -2.86. The van der Waals surface area contributed by atoms with E-state index in [2.05, 4.69) is 25.7 Å². The number of carbonyl (C=O) groups is 2. The fourth-order valence-corrected chi connectivity index (χ4v) is 2.07. The highest BCUT2D eigenvalue weighted by atomic mass is 17.1. The van der Waals surface area contributed by atoms with Crippen molar-refractivity contribution in [3.63, 3.8) is 0 Å². The predicted octanol–water partition coefficient (Wildman–Crippen LogP) is 0.646. The number of benzene rings is 1. The molecule has 0 bridgehead atoms. The Morgan fingerprint density at radius 3 is 2.56 bits per heavy atom. The van der Waals surface area contributed by atoms with Gasteiger partial charge in [-0.05, 0) is 16.5 Å². The summed E-state index contributed by atoms with van der Waals surface area (Å²) in [6.45, 7) is 2.90. The monoisotopic (exact) mass is 347 g/mol. The number of carbonyl (C=O) groups excluding carboxylic acids is 2. The minimum atomic E-state index is -1.32. The van der Waals surface area contributed by atoms with Crippen LogP contribution in [0, 0.1) is 0 Å². The number of aromatic nitrogens is 4. The lowest BCUT2D eigenvalue weighted by atomic mass is 10.2. The van der Waals surface area contributed by atoms with Crippen molar-refractivity contribution in [3.8, 4) is 11.4 Å². The first-order valence-electron chi connectivity index (χ1n) is 7.01. The van der Waals surface area contributed by atoms with Crippen LogP contribution in [0.3, 0.4) is 0 Å². The van der Waals surface area contributed by atoms with Crippen molar-refractivity contribution in [1.29, 1.82) is 0 Å². The van der Waals surface area contributed by atoms with Crippen LogP contribution in [0.5, 0.6) is 5.75 Å². The van der Waals surface area contributed by atoms with Crippen molar-refractivity contribution in [1.82, 2.24) is 20.2 Å². The number of esters is 2. The molecule has 3 rings (SSSR count). The molecule has 130 valence electrons. The van der Waals surface area contributed by atoms with E-state index in [1.165, 1.54) is 37.0 Å². The Morgan fingerprint density at radius 1 is 1.24 bits per heavy atom. The van der Waals surface area contributed by atoms with Gasteiger partial charge in [0.25, 0.3) is 5.79 Å². The van der Waals surface area contributed by atoms with E-state index < -0.39 is 17.7 Å². The van der Waals surface area contributed by atoms with Gasteiger partial charge in [-0.15, -0.1) is 5.10 Å². The van der Waals surface area contributed by atoms with Gasteiger partial charge in [0, 0.05) is 37.9 Å². The van der Waals surface area contributed by atoms with E-state index in [4.69, 9.17) is 14.7 Å². The van der Waals surface area contributed by atoms with Gasteiger partial charge in [0.15, 0.2) is 11.3 Å². The van der Waals surface area contributed by atoms with Gasteiger partial charge in [0.05, 0.1) is 5.69 Å². The number of hydrogen-bond donors (Lipinski definition) is 2. The van der Waals surface area contributed by atoms with Crippen molar-refractivity contribution in [2.24, 2.45) is 0 Å². The molecule has 11 nitrogen and oxygen atoms in total. The van der Waals surface area contributed by atoms with Crippen molar-refractivity contribution < 1.29 is 29.2 Å². The highest BCUT2D eigenvalue weighted by Gasteiger charge is 2.38. The number of rotatable bonds is 4. The maximum atomic E-state index is 11.9. The molecule has 1 aliphatic rings. The largest absolute Gasteiger partial charge is 0.419 e. The first-order chi connectivity index (χ1) is 11.9. The van der Waals surface area contributed by atoms with Crippen LogP contribution < -0.4 is 10.2 Å². The number of ether oxygens (including phenoxy) is 2. The minimum absolute atomic E-state index is 0.0869. The van der Waals surface area contributed by atoms with E-state index in [-0.39, 0.29) is 11.3 Å². The second kappa shape index (κ2) is 6.20. The van der Waals surface area contributed by atoms with Crippen LogP contribution in [-0.2, 0) is 19.1 Å². The molecule has 2 aromatic rings. The van der Waals surface area contributed by atoms with Crippen LogP contribution in [0.15, 0.2) is 36.3 Å². The molecule has 1 aromatic heterocycles.